The molecule has 1 aromatic rings. The Balaban J connectivity index is 2.53. The van der Waals surface area contributed by atoms with Crippen LogP contribution in [0.25, 0.3) is 0 Å². The minimum atomic E-state index is -2.92. The number of carbonyl (C=O) groups is 1. The first-order valence-electron chi connectivity index (χ1n) is 4.19. The highest BCUT2D eigenvalue weighted by molar-refractivity contribution is 5.90. The number of hydrogen-bond donors (Lipinski definition) is 1. The molecule has 1 aliphatic rings. The molecule has 3 nitrogen and oxygen atoms in total. The third-order valence-electron chi connectivity index (χ3n) is 2.29. The summed E-state index contributed by atoms with van der Waals surface area (Å²) in [6.45, 7) is 0. The average Bonchev–Trinajstić information content (AvgIpc) is 2.42. The highest BCUT2D eigenvalue weighted by atomic mass is 19.3. The number of primary amides is 1. The fourth-order valence-corrected chi connectivity index (χ4v) is 1.55. The van der Waals surface area contributed by atoms with Crippen LogP contribution in [0.5, 0.6) is 0 Å². The molecular weight excluding hydrogens is 190 g/mol. The molecule has 0 saturated heterocycles. The summed E-state index contributed by atoms with van der Waals surface area (Å²) in [6, 6.07) is 2.87. The van der Waals surface area contributed by atoms with Gasteiger partial charge >= 0.3 is 0 Å². The number of nitrogens with two attached hydrogens (primary N) is 1. The van der Waals surface area contributed by atoms with Crippen LogP contribution in [0.1, 0.15) is 28.2 Å². The Morgan fingerprint density at radius 2 is 2.21 bits per heavy atom. The van der Waals surface area contributed by atoms with E-state index in [9.17, 15) is 13.6 Å². The number of nitrogens with zero attached hydrogens (tertiary/aromatic N) is 1. The zero-order chi connectivity index (χ0) is 10.3. The van der Waals surface area contributed by atoms with Crippen molar-refractivity contribution < 1.29 is 13.6 Å². The predicted octanol–water partition coefficient (Wildman–Crippen LogP) is 1.22. The van der Waals surface area contributed by atoms with Gasteiger partial charge in [-0.05, 0) is 18.1 Å². The normalized spacial score (nSPS) is 17.9. The van der Waals surface area contributed by atoms with E-state index >= 15 is 0 Å². The van der Waals surface area contributed by atoms with E-state index in [1.54, 1.807) is 0 Å². The molecule has 0 unspecified atom stereocenters. The van der Waals surface area contributed by atoms with Crippen molar-refractivity contribution in [2.75, 3.05) is 0 Å². The quantitative estimate of drug-likeness (QED) is 0.737. The SMILES string of the molecule is NC(=O)c1ccc2c(n1)C(F)(F)CC2. The Labute approximate surface area is 78.9 Å². The van der Waals surface area contributed by atoms with E-state index < -0.39 is 11.8 Å². The highest BCUT2D eigenvalue weighted by Crippen LogP contribution is 2.40. The first kappa shape index (κ1) is 9.05. The molecule has 1 aliphatic carbocycles. The summed E-state index contributed by atoms with van der Waals surface area (Å²) in [5.41, 5.74) is 5.05. The van der Waals surface area contributed by atoms with E-state index in [-0.39, 0.29) is 17.8 Å². The molecule has 2 rings (SSSR count). The Hall–Kier alpha value is -1.52. The second-order valence-corrected chi connectivity index (χ2v) is 3.27. The van der Waals surface area contributed by atoms with Gasteiger partial charge in [0, 0.05) is 6.42 Å². The minimum absolute atomic E-state index is 0.106. The second kappa shape index (κ2) is 2.73. The molecule has 5 heteroatoms. The van der Waals surface area contributed by atoms with Gasteiger partial charge in [-0.15, -0.1) is 0 Å². The maximum absolute atomic E-state index is 13.2. The minimum Gasteiger partial charge on any atom is -0.364 e. The number of rotatable bonds is 1. The molecule has 0 radical (unpaired) electrons. The Bertz CT molecular complexity index is 404. The molecule has 0 fully saturated rings. The van der Waals surface area contributed by atoms with Crippen LogP contribution >= 0.6 is 0 Å². The summed E-state index contributed by atoms with van der Waals surface area (Å²) in [7, 11) is 0. The van der Waals surface area contributed by atoms with Gasteiger partial charge in [0.1, 0.15) is 11.4 Å². The van der Waals surface area contributed by atoms with Gasteiger partial charge in [-0.2, -0.15) is 8.78 Å². The number of halogens is 2. The van der Waals surface area contributed by atoms with Gasteiger partial charge in [0.2, 0.25) is 0 Å². The van der Waals surface area contributed by atoms with Crippen molar-refractivity contribution in [2.45, 2.75) is 18.8 Å². The number of amides is 1. The van der Waals surface area contributed by atoms with E-state index in [0.29, 0.717) is 12.0 Å². The van der Waals surface area contributed by atoms with Gasteiger partial charge < -0.3 is 5.73 Å². The number of carbonyl (C=O) groups excluding carboxylic acids is 1. The van der Waals surface area contributed by atoms with Gasteiger partial charge in [0.15, 0.2) is 0 Å². The van der Waals surface area contributed by atoms with Crippen LogP contribution in [-0.2, 0) is 12.3 Å². The highest BCUT2D eigenvalue weighted by Gasteiger charge is 2.41. The molecule has 0 atom stereocenters. The summed E-state index contributed by atoms with van der Waals surface area (Å²) in [5.74, 6) is -3.70. The third kappa shape index (κ3) is 1.25. The monoisotopic (exact) mass is 198 g/mol. The lowest BCUT2D eigenvalue weighted by molar-refractivity contribution is -0.00600. The fourth-order valence-electron chi connectivity index (χ4n) is 1.55. The molecule has 14 heavy (non-hydrogen) atoms. The number of fused-ring (bicyclic) bond motifs is 1. The van der Waals surface area contributed by atoms with Crippen LogP contribution in [0.3, 0.4) is 0 Å². The standard InChI is InChI=1S/C9H8F2N2O/c10-9(11)4-3-5-1-2-6(8(12)14)13-7(5)9/h1-2H,3-4H2,(H2,12,14). The number of hydrogen-bond acceptors (Lipinski definition) is 2. The largest absolute Gasteiger partial charge is 0.364 e. The molecule has 0 spiro atoms. The molecule has 0 saturated carbocycles. The first-order valence-corrected chi connectivity index (χ1v) is 4.19. The van der Waals surface area contributed by atoms with Crippen LogP contribution < -0.4 is 5.73 Å². The van der Waals surface area contributed by atoms with E-state index in [4.69, 9.17) is 5.73 Å². The summed E-state index contributed by atoms with van der Waals surface area (Å²) in [4.78, 5) is 14.3. The molecule has 1 heterocycles. The maximum Gasteiger partial charge on any atom is 0.290 e. The molecular formula is C9H8F2N2O. The Morgan fingerprint density at radius 1 is 1.50 bits per heavy atom. The van der Waals surface area contributed by atoms with Crippen molar-refractivity contribution in [1.29, 1.82) is 0 Å². The number of aromatic nitrogens is 1. The molecule has 1 amide bonds. The smallest absolute Gasteiger partial charge is 0.290 e. The zero-order valence-electron chi connectivity index (χ0n) is 7.26. The lowest BCUT2D eigenvalue weighted by atomic mass is 10.2. The van der Waals surface area contributed by atoms with Crippen molar-refractivity contribution in [3.63, 3.8) is 0 Å². The zero-order valence-corrected chi connectivity index (χ0v) is 7.26. The van der Waals surface area contributed by atoms with Crippen molar-refractivity contribution in [3.05, 3.63) is 29.1 Å². The molecule has 0 aliphatic heterocycles. The van der Waals surface area contributed by atoms with Crippen LogP contribution in [-0.4, -0.2) is 10.9 Å². The number of pyridine rings is 1. The summed E-state index contributed by atoms with van der Waals surface area (Å²) in [6.07, 6.45) is 0.0614. The summed E-state index contributed by atoms with van der Waals surface area (Å²) in [5, 5.41) is 0. The van der Waals surface area contributed by atoms with E-state index in [1.807, 2.05) is 0 Å². The third-order valence-corrected chi connectivity index (χ3v) is 2.29. The van der Waals surface area contributed by atoms with Crippen LogP contribution in [0.15, 0.2) is 12.1 Å². The van der Waals surface area contributed by atoms with Crippen molar-refractivity contribution >= 4 is 5.91 Å². The van der Waals surface area contributed by atoms with Crippen LogP contribution in [0.2, 0.25) is 0 Å². The molecule has 0 aromatic carbocycles. The molecule has 2 N–H and O–H groups in total. The molecule has 0 bridgehead atoms. The second-order valence-electron chi connectivity index (χ2n) is 3.27. The van der Waals surface area contributed by atoms with E-state index in [1.165, 1.54) is 12.1 Å². The lowest BCUT2D eigenvalue weighted by Crippen LogP contribution is -2.17. The Morgan fingerprint density at radius 3 is 2.86 bits per heavy atom. The fraction of sp³-hybridized carbons (Fsp3) is 0.333. The van der Waals surface area contributed by atoms with E-state index in [0.717, 1.165) is 0 Å². The first-order chi connectivity index (χ1) is 6.50. The van der Waals surface area contributed by atoms with Crippen molar-refractivity contribution in [1.82, 2.24) is 4.98 Å². The average molecular weight is 198 g/mol. The van der Waals surface area contributed by atoms with Gasteiger partial charge in [0.05, 0.1) is 0 Å². The molecule has 74 valence electrons. The summed E-state index contributed by atoms with van der Waals surface area (Å²) >= 11 is 0. The number of alkyl halides is 2. The van der Waals surface area contributed by atoms with Gasteiger partial charge in [0.25, 0.3) is 11.8 Å². The maximum atomic E-state index is 13.2. The van der Waals surface area contributed by atoms with Crippen LogP contribution in [0.4, 0.5) is 8.78 Å². The van der Waals surface area contributed by atoms with Gasteiger partial charge in [-0.25, -0.2) is 4.98 Å². The van der Waals surface area contributed by atoms with E-state index in [2.05, 4.69) is 4.98 Å². The lowest BCUT2D eigenvalue weighted by Gasteiger charge is -2.08. The van der Waals surface area contributed by atoms with Gasteiger partial charge in [-0.3, -0.25) is 4.79 Å². The predicted molar refractivity (Wildman–Crippen MR) is 45.0 cm³/mol. The number of aryl methyl sites for hydroxylation is 1. The Kier molecular flexibility index (Phi) is 1.77. The van der Waals surface area contributed by atoms with Gasteiger partial charge in [-0.1, -0.05) is 6.07 Å². The summed E-state index contributed by atoms with van der Waals surface area (Å²) < 4.78 is 26.3. The van der Waals surface area contributed by atoms with Crippen LogP contribution in [0, 0.1) is 0 Å². The van der Waals surface area contributed by atoms with Crippen molar-refractivity contribution in [3.8, 4) is 0 Å². The topological polar surface area (TPSA) is 56.0 Å². The molecule has 1 aromatic heterocycles. The van der Waals surface area contributed by atoms with Crippen molar-refractivity contribution in [2.24, 2.45) is 5.73 Å².